The van der Waals surface area contributed by atoms with Crippen molar-refractivity contribution in [3.8, 4) is 0 Å². The number of thiophene rings is 1. The van der Waals surface area contributed by atoms with Gasteiger partial charge < -0.3 is 10.2 Å². The van der Waals surface area contributed by atoms with Crippen LogP contribution in [-0.4, -0.2) is 27.7 Å². The molecule has 1 aliphatic carbocycles. The van der Waals surface area contributed by atoms with Crippen LogP contribution in [0.2, 0.25) is 0 Å². The molecule has 0 bridgehead atoms. The highest BCUT2D eigenvalue weighted by molar-refractivity contribution is 7.14. The van der Waals surface area contributed by atoms with Gasteiger partial charge in [-0.2, -0.15) is 0 Å². The van der Waals surface area contributed by atoms with Crippen molar-refractivity contribution in [1.82, 2.24) is 0 Å². The number of fused-ring (bicyclic) bond motifs is 1. The monoisotopic (exact) mass is 347 g/mol. The second kappa shape index (κ2) is 5.83. The van der Waals surface area contributed by atoms with Gasteiger partial charge in [-0.3, -0.25) is 14.6 Å². The second-order valence-electron chi connectivity index (χ2n) is 5.63. The number of Topliss-reactive ketones (excluding diaryl/α,β-unsaturated/α-hetero) is 1. The van der Waals surface area contributed by atoms with Crippen LogP contribution in [0.25, 0.3) is 0 Å². The molecule has 5 nitrogen and oxygen atoms in total. The lowest BCUT2D eigenvalue weighted by atomic mass is 9.87. The molecule has 0 spiro atoms. The largest absolute Gasteiger partial charge is 0.505 e. The van der Waals surface area contributed by atoms with E-state index in [4.69, 9.17) is 5.11 Å². The van der Waals surface area contributed by atoms with Gasteiger partial charge in [0.25, 0.3) is 0 Å². The molecule has 1 aliphatic heterocycles. The summed E-state index contributed by atoms with van der Waals surface area (Å²) in [4.78, 5) is 29.1. The molecule has 0 saturated heterocycles. The maximum Gasteiger partial charge on any atom is 0.307 e. The SMILES string of the molecule is CC1=C(CC(=O)O)C2=C(F)C(O)=C(C(=O)c3ccc(C)s3)CC2=N1. The lowest BCUT2D eigenvalue weighted by molar-refractivity contribution is -0.136. The van der Waals surface area contributed by atoms with Gasteiger partial charge in [0, 0.05) is 22.6 Å². The Balaban J connectivity index is 2.04. The minimum absolute atomic E-state index is 0.00584. The topological polar surface area (TPSA) is 87.0 Å². The molecule has 0 radical (unpaired) electrons. The highest BCUT2D eigenvalue weighted by Gasteiger charge is 2.36. The smallest absolute Gasteiger partial charge is 0.307 e. The molecule has 1 aromatic heterocycles. The molecule has 2 N–H and O–H groups in total. The van der Waals surface area contributed by atoms with E-state index in [0.29, 0.717) is 10.6 Å². The number of carbonyl (C=O) groups excluding carboxylic acids is 1. The number of aliphatic imine (C=N–C) groups is 1. The number of carboxylic acid groups (broad SMARTS) is 1. The number of halogens is 1. The Bertz CT molecular complexity index is 901. The van der Waals surface area contributed by atoms with Crippen LogP contribution in [0.1, 0.15) is 34.3 Å². The molecule has 2 aliphatic rings. The Morgan fingerprint density at radius 3 is 2.62 bits per heavy atom. The zero-order valence-electron chi connectivity index (χ0n) is 13.0. The third-order valence-electron chi connectivity index (χ3n) is 3.95. The number of aliphatic carboxylic acids is 1. The van der Waals surface area contributed by atoms with Gasteiger partial charge in [0.05, 0.1) is 22.6 Å². The van der Waals surface area contributed by atoms with Crippen LogP contribution in [0.5, 0.6) is 0 Å². The Hall–Kier alpha value is -2.54. The fourth-order valence-electron chi connectivity index (χ4n) is 2.83. The molecule has 0 unspecified atom stereocenters. The molecular weight excluding hydrogens is 333 g/mol. The van der Waals surface area contributed by atoms with Crippen molar-refractivity contribution in [2.75, 3.05) is 0 Å². The fraction of sp³-hybridized carbons (Fsp3) is 0.235. The van der Waals surface area contributed by atoms with E-state index in [1.54, 1.807) is 19.1 Å². The van der Waals surface area contributed by atoms with E-state index < -0.39 is 23.3 Å². The van der Waals surface area contributed by atoms with Crippen molar-refractivity contribution in [3.63, 3.8) is 0 Å². The number of allylic oxidation sites excluding steroid dienone is 4. The maximum absolute atomic E-state index is 14.7. The average molecular weight is 347 g/mol. The first-order chi connectivity index (χ1) is 11.3. The lowest BCUT2D eigenvalue weighted by Crippen LogP contribution is -2.18. The lowest BCUT2D eigenvalue weighted by Gasteiger charge is -2.18. The van der Waals surface area contributed by atoms with Crippen LogP contribution in [0.15, 0.2) is 51.1 Å². The summed E-state index contributed by atoms with van der Waals surface area (Å²) in [5, 5.41) is 19.1. The van der Waals surface area contributed by atoms with Crippen molar-refractivity contribution in [2.45, 2.75) is 26.7 Å². The molecule has 7 heteroatoms. The van der Waals surface area contributed by atoms with E-state index in [1.807, 2.05) is 6.92 Å². The molecule has 2 heterocycles. The summed E-state index contributed by atoms with van der Waals surface area (Å²) in [6.45, 7) is 3.44. The van der Waals surface area contributed by atoms with Gasteiger partial charge in [-0.1, -0.05) is 0 Å². The predicted molar refractivity (Wildman–Crippen MR) is 88.2 cm³/mol. The highest BCUT2D eigenvalue weighted by atomic mass is 32.1. The van der Waals surface area contributed by atoms with Gasteiger partial charge in [-0.25, -0.2) is 4.39 Å². The minimum atomic E-state index is -1.11. The third kappa shape index (κ3) is 2.60. The normalized spacial score (nSPS) is 17.4. The van der Waals surface area contributed by atoms with E-state index in [1.165, 1.54) is 11.3 Å². The molecule has 0 fully saturated rings. The standard InChI is InChI=1S/C17H14FNO4S/c1-7-3-4-12(24-7)16(22)10-5-11-14(15(18)17(10)23)9(6-13(20)21)8(2)19-11/h3-4,23H,5-6H2,1-2H3,(H,20,21). The Morgan fingerprint density at radius 2 is 2.04 bits per heavy atom. The highest BCUT2D eigenvalue weighted by Crippen LogP contribution is 2.40. The molecule has 0 aromatic carbocycles. The van der Waals surface area contributed by atoms with Gasteiger partial charge in [0.2, 0.25) is 5.78 Å². The summed E-state index contributed by atoms with van der Waals surface area (Å²) in [5.41, 5.74) is 0.870. The molecule has 0 amide bonds. The van der Waals surface area contributed by atoms with Gasteiger partial charge >= 0.3 is 5.97 Å². The van der Waals surface area contributed by atoms with Crippen LogP contribution in [0.4, 0.5) is 4.39 Å². The fourth-order valence-corrected chi connectivity index (χ4v) is 3.67. The van der Waals surface area contributed by atoms with Crippen LogP contribution < -0.4 is 0 Å². The zero-order valence-corrected chi connectivity index (χ0v) is 13.8. The van der Waals surface area contributed by atoms with Gasteiger partial charge in [0.15, 0.2) is 11.6 Å². The summed E-state index contributed by atoms with van der Waals surface area (Å²) < 4.78 is 14.7. The van der Waals surface area contributed by atoms with Crippen molar-refractivity contribution in [2.24, 2.45) is 4.99 Å². The van der Waals surface area contributed by atoms with Gasteiger partial charge in [0.1, 0.15) is 0 Å². The number of carbonyl (C=O) groups is 2. The van der Waals surface area contributed by atoms with E-state index in [9.17, 15) is 19.1 Å². The summed E-state index contributed by atoms with van der Waals surface area (Å²) in [5.74, 6) is -3.25. The van der Waals surface area contributed by atoms with Crippen LogP contribution in [-0.2, 0) is 4.79 Å². The van der Waals surface area contributed by atoms with Gasteiger partial charge in [-0.05, 0) is 31.6 Å². The Morgan fingerprint density at radius 1 is 1.33 bits per heavy atom. The van der Waals surface area contributed by atoms with E-state index >= 15 is 0 Å². The first-order valence-corrected chi connectivity index (χ1v) is 8.04. The molecule has 3 rings (SSSR count). The number of hydrogen-bond acceptors (Lipinski definition) is 5. The minimum Gasteiger partial charge on any atom is -0.505 e. The molecule has 1 aromatic rings. The van der Waals surface area contributed by atoms with Crippen LogP contribution in [0.3, 0.4) is 0 Å². The summed E-state index contributed by atoms with van der Waals surface area (Å²) in [7, 11) is 0. The second-order valence-corrected chi connectivity index (χ2v) is 6.91. The molecule has 24 heavy (non-hydrogen) atoms. The quantitative estimate of drug-likeness (QED) is 0.809. The molecule has 0 saturated carbocycles. The van der Waals surface area contributed by atoms with Gasteiger partial charge in [-0.15, -0.1) is 11.3 Å². The van der Waals surface area contributed by atoms with E-state index in [0.717, 1.165) is 4.88 Å². The third-order valence-corrected chi connectivity index (χ3v) is 4.95. The summed E-state index contributed by atoms with van der Waals surface area (Å²) >= 11 is 1.27. The van der Waals surface area contributed by atoms with Crippen molar-refractivity contribution in [1.29, 1.82) is 0 Å². The van der Waals surface area contributed by atoms with Crippen molar-refractivity contribution in [3.05, 3.63) is 55.9 Å². The number of hydrogen-bond donors (Lipinski definition) is 2. The van der Waals surface area contributed by atoms with Crippen LogP contribution >= 0.6 is 11.3 Å². The zero-order chi connectivity index (χ0) is 17.6. The summed E-state index contributed by atoms with van der Waals surface area (Å²) in [6, 6.07) is 3.41. The number of aryl methyl sites for hydroxylation is 1. The number of carboxylic acids is 1. The molecule has 0 atom stereocenters. The predicted octanol–water partition coefficient (Wildman–Crippen LogP) is 3.88. The van der Waals surface area contributed by atoms with E-state index in [-0.39, 0.29) is 35.3 Å². The molecule has 124 valence electrons. The number of aliphatic hydroxyl groups excluding tert-OH is 1. The molecular formula is C17H14FNO4S. The first kappa shape index (κ1) is 16.3. The average Bonchev–Trinajstić information content (AvgIpc) is 3.06. The van der Waals surface area contributed by atoms with Crippen molar-refractivity contribution >= 4 is 28.8 Å². The number of aliphatic hydroxyl groups is 1. The van der Waals surface area contributed by atoms with Crippen LogP contribution in [0, 0.1) is 6.92 Å². The Kier molecular flexibility index (Phi) is 3.96. The van der Waals surface area contributed by atoms with E-state index in [2.05, 4.69) is 4.99 Å². The Labute approximate surface area is 141 Å². The summed E-state index contributed by atoms with van der Waals surface area (Å²) in [6.07, 6.45) is -0.410. The number of nitrogens with zero attached hydrogens (tertiary/aromatic N) is 1. The van der Waals surface area contributed by atoms with Crippen molar-refractivity contribution < 1.29 is 24.2 Å². The number of ketones is 1. The number of rotatable bonds is 4. The first-order valence-electron chi connectivity index (χ1n) is 7.22. The maximum atomic E-state index is 14.7.